The number of esters is 1. The maximum atomic E-state index is 11.2. The number of non-ortho nitro benzene ring substituents is 1. The lowest BCUT2D eigenvalue weighted by Gasteiger charge is -2.13. The zero-order valence-corrected chi connectivity index (χ0v) is 14.4. The van der Waals surface area contributed by atoms with Crippen molar-refractivity contribution in [1.29, 1.82) is 0 Å². The molecule has 9 nitrogen and oxygen atoms in total. The third-order valence-electron chi connectivity index (χ3n) is 3.19. The minimum absolute atomic E-state index is 0.0423. The third kappa shape index (κ3) is 4.69. The average molecular weight is 359 g/mol. The average Bonchev–Trinajstić information content (AvgIpc) is 2.62. The van der Waals surface area contributed by atoms with Gasteiger partial charge >= 0.3 is 5.97 Å². The van der Waals surface area contributed by atoms with Crippen molar-refractivity contribution >= 4 is 23.6 Å². The Bertz CT molecular complexity index is 825. The first-order valence-electron chi connectivity index (χ1n) is 7.42. The van der Waals surface area contributed by atoms with Gasteiger partial charge in [0, 0.05) is 24.6 Å². The summed E-state index contributed by atoms with van der Waals surface area (Å²) in [7, 11) is 2.87. The molecule has 0 saturated carbocycles. The van der Waals surface area contributed by atoms with E-state index in [1.165, 1.54) is 39.5 Å². The van der Waals surface area contributed by atoms with Crippen molar-refractivity contribution in [2.24, 2.45) is 5.10 Å². The smallest absolute Gasteiger partial charge is 0.308 e. The Morgan fingerprint density at radius 2 is 1.85 bits per heavy atom. The monoisotopic (exact) mass is 359 g/mol. The Morgan fingerprint density at radius 3 is 2.38 bits per heavy atom. The van der Waals surface area contributed by atoms with E-state index in [9.17, 15) is 14.9 Å². The fourth-order valence-corrected chi connectivity index (χ4v) is 2.09. The lowest BCUT2D eigenvalue weighted by molar-refractivity contribution is -0.384. The van der Waals surface area contributed by atoms with Crippen LogP contribution < -0.4 is 19.6 Å². The largest absolute Gasteiger partial charge is 0.493 e. The molecule has 0 atom stereocenters. The second-order valence-electron chi connectivity index (χ2n) is 5.03. The first-order chi connectivity index (χ1) is 12.4. The molecule has 1 N–H and O–H groups in total. The number of nitrogens with one attached hydrogen (secondary N) is 1. The minimum atomic E-state index is -0.504. The fourth-order valence-electron chi connectivity index (χ4n) is 2.09. The summed E-state index contributed by atoms with van der Waals surface area (Å²) in [6.07, 6.45) is 1.47. The highest BCUT2D eigenvalue weighted by Crippen LogP contribution is 2.38. The summed E-state index contributed by atoms with van der Waals surface area (Å²) >= 11 is 0. The number of nitro benzene ring substituents is 1. The summed E-state index contributed by atoms with van der Waals surface area (Å²) in [6.45, 7) is 1.28. The maximum absolute atomic E-state index is 11.2. The van der Waals surface area contributed by atoms with E-state index in [2.05, 4.69) is 10.5 Å². The van der Waals surface area contributed by atoms with E-state index < -0.39 is 10.9 Å². The summed E-state index contributed by atoms with van der Waals surface area (Å²) in [5.41, 5.74) is 3.73. The molecule has 0 aliphatic carbocycles. The van der Waals surface area contributed by atoms with Crippen LogP contribution in [0.2, 0.25) is 0 Å². The molecule has 0 aromatic heterocycles. The number of rotatable bonds is 7. The molecule has 2 aromatic carbocycles. The third-order valence-corrected chi connectivity index (χ3v) is 3.19. The summed E-state index contributed by atoms with van der Waals surface area (Å²) in [4.78, 5) is 21.5. The molecule has 0 heterocycles. The van der Waals surface area contributed by atoms with Gasteiger partial charge in [-0.1, -0.05) is 6.07 Å². The van der Waals surface area contributed by atoms with Crippen LogP contribution in [0.1, 0.15) is 12.5 Å². The van der Waals surface area contributed by atoms with E-state index in [4.69, 9.17) is 14.2 Å². The van der Waals surface area contributed by atoms with Crippen molar-refractivity contribution in [3.05, 3.63) is 52.1 Å². The highest BCUT2D eigenvalue weighted by molar-refractivity contribution is 5.84. The first-order valence-corrected chi connectivity index (χ1v) is 7.42. The number of hydrazone groups is 1. The van der Waals surface area contributed by atoms with Crippen LogP contribution in [0, 0.1) is 10.1 Å². The molecule has 0 amide bonds. The molecule has 9 heteroatoms. The molecule has 0 spiro atoms. The van der Waals surface area contributed by atoms with Crippen LogP contribution in [-0.4, -0.2) is 31.3 Å². The van der Waals surface area contributed by atoms with Gasteiger partial charge in [0.2, 0.25) is 5.75 Å². The summed E-state index contributed by atoms with van der Waals surface area (Å²) in [6, 6.07) is 9.17. The molecule has 26 heavy (non-hydrogen) atoms. The van der Waals surface area contributed by atoms with Gasteiger partial charge < -0.3 is 14.2 Å². The maximum Gasteiger partial charge on any atom is 0.308 e. The predicted molar refractivity (Wildman–Crippen MR) is 95.2 cm³/mol. The number of hydrogen-bond acceptors (Lipinski definition) is 8. The van der Waals surface area contributed by atoms with E-state index in [1.807, 2.05) is 0 Å². The summed E-state index contributed by atoms with van der Waals surface area (Å²) in [5, 5.41) is 14.8. The minimum Gasteiger partial charge on any atom is -0.493 e. The van der Waals surface area contributed by atoms with Gasteiger partial charge in [-0.15, -0.1) is 0 Å². The lowest BCUT2D eigenvalue weighted by Crippen LogP contribution is -2.05. The molecule has 0 aliphatic heterocycles. The number of ether oxygens (including phenoxy) is 3. The highest BCUT2D eigenvalue weighted by atomic mass is 16.6. The molecule has 0 unspecified atom stereocenters. The van der Waals surface area contributed by atoms with Crippen molar-refractivity contribution in [3.63, 3.8) is 0 Å². The highest BCUT2D eigenvalue weighted by Gasteiger charge is 2.15. The van der Waals surface area contributed by atoms with Crippen LogP contribution in [0.3, 0.4) is 0 Å². The van der Waals surface area contributed by atoms with E-state index in [0.29, 0.717) is 22.7 Å². The standard InChI is InChI=1S/C17H17N3O6/c1-11(21)26-17-15(24-2)7-12(8-16(17)25-3)10-18-19-13-5-4-6-14(9-13)20(22)23/h4-10,19H,1-3H3/b18-10+. The van der Waals surface area contributed by atoms with Crippen LogP contribution in [0.4, 0.5) is 11.4 Å². The molecule has 0 radical (unpaired) electrons. The zero-order chi connectivity index (χ0) is 19.1. The number of benzene rings is 2. The second kappa shape index (κ2) is 8.47. The molecular weight excluding hydrogens is 342 g/mol. The van der Waals surface area contributed by atoms with Gasteiger partial charge in [0.25, 0.3) is 5.69 Å². The van der Waals surface area contributed by atoms with Crippen molar-refractivity contribution in [2.75, 3.05) is 19.6 Å². The van der Waals surface area contributed by atoms with Crippen molar-refractivity contribution in [2.45, 2.75) is 6.92 Å². The van der Waals surface area contributed by atoms with Crippen LogP contribution in [0.15, 0.2) is 41.5 Å². The van der Waals surface area contributed by atoms with Crippen molar-refractivity contribution in [1.82, 2.24) is 0 Å². The van der Waals surface area contributed by atoms with Gasteiger partial charge in [-0.05, 0) is 18.2 Å². The van der Waals surface area contributed by atoms with E-state index in [-0.39, 0.29) is 11.4 Å². The van der Waals surface area contributed by atoms with Crippen molar-refractivity contribution in [3.8, 4) is 17.2 Å². The fraction of sp³-hybridized carbons (Fsp3) is 0.176. The molecule has 0 aliphatic rings. The zero-order valence-electron chi connectivity index (χ0n) is 14.4. The Kier molecular flexibility index (Phi) is 6.10. The number of methoxy groups -OCH3 is 2. The molecule has 0 saturated heterocycles. The van der Waals surface area contributed by atoms with Gasteiger partial charge in [-0.3, -0.25) is 20.3 Å². The van der Waals surface area contributed by atoms with Gasteiger partial charge in [-0.25, -0.2) is 0 Å². The van der Waals surface area contributed by atoms with Crippen LogP contribution >= 0.6 is 0 Å². The van der Waals surface area contributed by atoms with Crippen LogP contribution in [-0.2, 0) is 4.79 Å². The molecular formula is C17H17N3O6. The molecule has 0 fully saturated rings. The number of nitro groups is 1. The van der Waals surface area contributed by atoms with Gasteiger partial charge in [0.05, 0.1) is 31.0 Å². The Hall–Kier alpha value is -3.62. The quantitative estimate of drug-likeness (QED) is 0.266. The summed E-state index contributed by atoms with van der Waals surface area (Å²) in [5.74, 6) is 0.273. The van der Waals surface area contributed by atoms with E-state index in [1.54, 1.807) is 24.3 Å². The van der Waals surface area contributed by atoms with E-state index >= 15 is 0 Å². The lowest BCUT2D eigenvalue weighted by atomic mass is 10.2. The first kappa shape index (κ1) is 18.7. The number of carbonyl (C=O) groups excluding carboxylic acids is 1. The molecule has 2 rings (SSSR count). The second-order valence-corrected chi connectivity index (χ2v) is 5.03. The van der Waals surface area contributed by atoms with Gasteiger partial charge in [0.15, 0.2) is 11.5 Å². The number of hydrogen-bond donors (Lipinski definition) is 1. The summed E-state index contributed by atoms with van der Waals surface area (Å²) < 4.78 is 15.6. The van der Waals surface area contributed by atoms with Crippen LogP contribution in [0.25, 0.3) is 0 Å². The molecule has 0 bridgehead atoms. The Morgan fingerprint density at radius 1 is 1.19 bits per heavy atom. The van der Waals surface area contributed by atoms with Crippen molar-refractivity contribution < 1.29 is 23.9 Å². The predicted octanol–water partition coefficient (Wildman–Crippen LogP) is 2.98. The van der Waals surface area contributed by atoms with Crippen LogP contribution in [0.5, 0.6) is 17.2 Å². The normalized spacial score (nSPS) is 10.4. The number of carbonyl (C=O) groups is 1. The molecule has 136 valence electrons. The molecule has 2 aromatic rings. The Labute approximate surface area is 149 Å². The SMILES string of the molecule is COc1cc(/C=N/Nc2cccc([N+](=O)[O-])c2)cc(OC)c1OC(C)=O. The van der Waals surface area contributed by atoms with Gasteiger partial charge in [0.1, 0.15) is 0 Å². The number of nitrogens with zero attached hydrogens (tertiary/aromatic N) is 2. The number of anilines is 1. The topological polar surface area (TPSA) is 112 Å². The van der Waals surface area contributed by atoms with E-state index in [0.717, 1.165) is 0 Å². The van der Waals surface area contributed by atoms with Gasteiger partial charge in [-0.2, -0.15) is 5.10 Å². The Balaban J connectivity index is 2.23.